The van der Waals surface area contributed by atoms with Crippen LogP contribution in [0.15, 0.2) is 18.2 Å². The van der Waals surface area contributed by atoms with Crippen LogP contribution in [0.25, 0.3) is 0 Å². The lowest BCUT2D eigenvalue weighted by atomic mass is 9.97. The molecule has 2 heterocycles. The first-order valence-electron chi connectivity index (χ1n) is 7.61. The molecular formula is C16H23N3O. The molecular weight excluding hydrogens is 250 g/mol. The molecule has 2 aliphatic heterocycles. The van der Waals surface area contributed by atoms with E-state index in [1.54, 1.807) is 0 Å². The van der Waals surface area contributed by atoms with Gasteiger partial charge in [0.15, 0.2) is 5.78 Å². The third kappa shape index (κ3) is 2.72. The zero-order valence-corrected chi connectivity index (χ0v) is 12.1. The van der Waals surface area contributed by atoms with E-state index in [-0.39, 0.29) is 11.8 Å². The van der Waals surface area contributed by atoms with Crippen molar-refractivity contribution in [2.45, 2.75) is 25.8 Å². The molecule has 4 nitrogen and oxygen atoms in total. The largest absolute Gasteiger partial charge is 0.385 e. The Morgan fingerprint density at radius 1 is 1.25 bits per heavy atom. The van der Waals surface area contributed by atoms with E-state index >= 15 is 0 Å². The van der Waals surface area contributed by atoms with E-state index in [9.17, 15) is 4.79 Å². The second kappa shape index (κ2) is 5.94. The first-order chi connectivity index (χ1) is 9.75. The van der Waals surface area contributed by atoms with Gasteiger partial charge in [0.05, 0.1) is 6.04 Å². The first-order valence-corrected chi connectivity index (χ1v) is 7.61. The van der Waals surface area contributed by atoms with Gasteiger partial charge in [-0.15, -0.1) is 0 Å². The van der Waals surface area contributed by atoms with E-state index < -0.39 is 0 Å². The smallest absolute Gasteiger partial charge is 0.179 e. The Kier molecular flexibility index (Phi) is 4.03. The second-order valence-corrected chi connectivity index (χ2v) is 5.73. The number of piperazine rings is 1. The van der Waals surface area contributed by atoms with Gasteiger partial charge >= 0.3 is 0 Å². The summed E-state index contributed by atoms with van der Waals surface area (Å²) in [4.78, 5) is 14.9. The van der Waals surface area contributed by atoms with Crippen LogP contribution in [-0.2, 0) is 6.42 Å². The molecule has 108 valence electrons. The molecule has 0 spiro atoms. The van der Waals surface area contributed by atoms with Gasteiger partial charge in [-0.1, -0.05) is 12.1 Å². The molecule has 1 fully saturated rings. The molecule has 2 N–H and O–H groups in total. The number of nitrogens with zero attached hydrogens (tertiary/aromatic N) is 1. The number of ketones is 1. The number of nitrogens with one attached hydrogen (secondary N) is 2. The van der Waals surface area contributed by atoms with Crippen LogP contribution in [0, 0.1) is 0 Å². The summed E-state index contributed by atoms with van der Waals surface area (Å²) >= 11 is 0. The van der Waals surface area contributed by atoms with Gasteiger partial charge in [0.1, 0.15) is 0 Å². The molecule has 20 heavy (non-hydrogen) atoms. The lowest BCUT2D eigenvalue weighted by Gasteiger charge is -2.32. The predicted molar refractivity (Wildman–Crippen MR) is 81.5 cm³/mol. The highest BCUT2D eigenvalue weighted by Gasteiger charge is 2.24. The Morgan fingerprint density at radius 2 is 2.05 bits per heavy atom. The zero-order valence-electron chi connectivity index (χ0n) is 12.1. The monoisotopic (exact) mass is 273 g/mol. The van der Waals surface area contributed by atoms with E-state index in [4.69, 9.17) is 0 Å². The minimum atomic E-state index is -0.0289. The number of carbonyl (C=O) groups is 1. The van der Waals surface area contributed by atoms with E-state index in [1.165, 1.54) is 12.0 Å². The van der Waals surface area contributed by atoms with Gasteiger partial charge in [-0.25, -0.2) is 0 Å². The van der Waals surface area contributed by atoms with Gasteiger partial charge < -0.3 is 10.6 Å². The molecule has 1 aromatic carbocycles. The molecule has 0 aromatic heterocycles. The van der Waals surface area contributed by atoms with E-state index in [2.05, 4.69) is 21.6 Å². The van der Waals surface area contributed by atoms with Crippen LogP contribution in [0.3, 0.4) is 0 Å². The number of hydrogen-bond acceptors (Lipinski definition) is 4. The van der Waals surface area contributed by atoms with Crippen LogP contribution >= 0.6 is 0 Å². The minimum Gasteiger partial charge on any atom is -0.385 e. The maximum Gasteiger partial charge on any atom is 0.179 e. The summed E-state index contributed by atoms with van der Waals surface area (Å²) in [5.41, 5.74) is 3.32. The van der Waals surface area contributed by atoms with Gasteiger partial charge in [0, 0.05) is 44.0 Å². The Bertz CT molecular complexity index is 494. The normalized spacial score (nSPS) is 20.9. The van der Waals surface area contributed by atoms with Crippen LogP contribution in [0.5, 0.6) is 0 Å². The topological polar surface area (TPSA) is 44.4 Å². The van der Waals surface area contributed by atoms with E-state index in [0.717, 1.165) is 50.4 Å². The van der Waals surface area contributed by atoms with Crippen molar-refractivity contribution in [2.75, 3.05) is 38.0 Å². The van der Waals surface area contributed by atoms with E-state index in [0.29, 0.717) is 0 Å². The highest BCUT2D eigenvalue weighted by atomic mass is 16.1. The van der Waals surface area contributed by atoms with Gasteiger partial charge in [0.2, 0.25) is 0 Å². The fourth-order valence-electron chi connectivity index (χ4n) is 3.09. The standard InChI is InChI=1S/C16H23N3O/c1-12(19-9-7-17-8-10-19)16(20)14-5-4-13-3-2-6-18-15(13)11-14/h4-5,11-12,17-18H,2-3,6-10H2,1H3. The van der Waals surface area contributed by atoms with Crippen molar-refractivity contribution in [1.82, 2.24) is 10.2 Å². The Morgan fingerprint density at radius 3 is 2.85 bits per heavy atom. The summed E-state index contributed by atoms with van der Waals surface area (Å²) < 4.78 is 0. The molecule has 0 radical (unpaired) electrons. The summed E-state index contributed by atoms with van der Waals surface area (Å²) in [6.45, 7) is 6.90. The lowest BCUT2D eigenvalue weighted by molar-refractivity contribution is 0.0820. The average molecular weight is 273 g/mol. The lowest BCUT2D eigenvalue weighted by Crippen LogP contribution is -2.50. The highest BCUT2D eigenvalue weighted by molar-refractivity contribution is 6.00. The molecule has 0 bridgehead atoms. The van der Waals surface area contributed by atoms with Gasteiger partial charge in [-0.3, -0.25) is 9.69 Å². The maximum absolute atomic E-state index is 12.6. The zero-order chi connectivity index (χ0) is 13.9. The quantitative estimate of drug-likeness (QED) is 0.820. The van der Waals surface area contributed by atoms with Gasteiger partial charge in [-0.2, -0.15) is 0 Å². The molecule has 0 saturated carbocycles. The second-order valence-electron chi connectivity index (χ2n) is 5.73. The number of carbonyl (C=O) groups excluding carboxylic acids is 1. The van der Waals surface area contributed by atoms with Crippen molar-refractivity contribution in [1.29, 1.82) is 0 Å². The van der Waals surface area contributed by atoms with Crippen molar-refractivity contribution in [3.63, 3.8) is 0 Å². The minimum absolute atomic E-state index is 0.0289. The average Bonchev–Trinajstić information content (AvgIpc) is 2.54. The summed E-state index contributed by atoms with van der Waals surface area (Å²) in [5, 5.41) is 6.73. The Hall–Kier alpha value is -1.39. The SMILES string of the molecule is CC(C(=O)c1ccc2c(c1)NCCC2)N1CCNCC1. The van der Waals surface area contributed by atoms with E-state index in [1.807, 2.05) is 19.1 Å². The molecule has 0 amide bonds. The van der Waals surface area contributed by atoms with Gasteiger partial charge in [0.25, 0.3) is 0 Å². The summed E-state index contributed by atoms with van der Waals surface area (Å²) in [5.74, 6) is 0.238. The fraction of sp³-hybridized carbons (Fsp3) is 0.562. The predicted octanol–water partition coefficient (Wildman–Crippen LogP) is 1.52. The van der Waals surface area contributed by atoms with Crippen molar-refractivity contribution < 1.29 is 4.79 Å². The van der Waals surface area contributed by atoms with Crippen LogP contribution in [0.2, 0.25) is 0 Å². The summed E-state index contributed by atoms with van der Waals surface area (Å²) in [7, 11) is 0. The van der Waals surface area contributed by atoms with Crippen molar-refractivity contribution in [2.24, 2.45) is 0 Å². The number of aryl methyl sites for hydroxylation is 1. The molecule has 1 saturated heterocycles. The van der Waals surface area contributed by atoms with Crippen LogP contribution < -0.4 is 10.6 Å². The van der Waals surface area contributed by atoms with Crippen LogP contribution in [0.1, 0.15) is 29.3 Å². The highest BCUT2D eigenvalue weighted by Crippen LogP contribution is 2.24. The van der Waals surface area contributed by atoms with Crippen LogP contribution in [-0.4, -0.2) is 49.4 Å². The number of anilines is 1. The number of benzene rings is 1. The Balaban J connectivity index is 1.75. The number of Topliss-reactive ketones (excluding diaryl/α,β-unsaturated/α-hetero) is 1. The third-order valence-electron chi connectivity index (χ3n) is 4.41. The van der Waals surface area contributed by atoms with Crippen molar-refractivity contribution in [3.8, 4) is 0 Å². The molecule has 4 heteroatoms. The molecule has 3 rings (SSSR count). The number of rotatable bonds is 3. The summed E-state index contributed by atoms with van der Waals surface area (Å²) in [6, 6.07) is 6.11. The van der Waals surface area contributed by atoms with Crippen molar-refractivity contribution >= 4 is 11.5 Å². The summed E-state index contributed by atoms with van der Waals surface area (Å²) in [6.07, 6.45) is 2.29. The maximum atomic E-state index is 12.6. The Labute approximate surface area is 120 Å². The molecule has 1 unspecified atom stereocenters. The molecule has 1 aromatic rings. The van der Waals surface area contributed by atoms with Gasteiger partial charge in [-0.05, 0) is 31.4 Å². The number of fused-ring (bicyclic) bond motifs is 1. The number of hydrogen-bond donors (Lipinski definition) is 2. The molecule has 2 aliphatic rings. The van der Waals surface area contributed by atoms with Crippen LogP contribution in [0.4, 0.5) is 5.69 Å². The fourth-order valence-corrected chi connectivity index (χ4v) is 3.09. The third-order valence-corrected chi connectivity index (χ3v) is 4.41. The first kappa shape index (κ1) is 13.6. The molecule has 1 atom stereocenters. The van der Waals surface area contributed by atoms with Crippen molar-refractivity contribution in [3.05, 3.63) is 29.3 Å². The molecule has 0 aliphatic carbocycles.